The van der Waals surface area contributed by atoms with Gasteiger partial charge in [0.2, 0.25) is 0 Å². The quantitative estimate of drug-likeness (QED) is 0.686. The molecule has 0 aliphatic carbocycles. The third-order valence-corrected chi connectivity index (χ3v) is 3.75. The summed E-state index contributed by atoms with van der Waals surface area (Å²) in [6.07, 6.45) is 3.54. The van der Waals surface area contributed by atoms with E-state index in [1.807, 2.05) is 17.8 Å². The number of benzene rings is 1. The molecule has 0 aliphatic heterocycles. The highest BCUT2D eigenvalue weighted by molar-refractivity contribution is 7.99. The molecule has 2 N–H and O–H groups in total. The number of carbonyl (C=O) groups is 1. The maximum absolute atomic E-state index is 11.9. The molecule has 0 saturated carbocycles. The van der Waals surface area contributed by atoms with Crippen molar-refractivity contribution in [3.63, 3.8) is 0 Å². The summed E-state index contributed by atoms with van der Waals surface area (Å²) in [5, 5.41) is 0.767. The Kier molecular flexibility index (Phi) is 4.11. The van der Waals surface area contributed by atoms with Crippen LogP contribution in [-0.4, -0.2) is 22.1 Å². The molecule has 0 radical (unpaired) electrons. The molecule has 0 fully saturated rings. The fourth-order valence-electron chi connectivity index (χ4n) is 1.58. The first-order chi connectivity index (χ1) is 9.13. The molecule has 0 bridgehead atoms. The second kappa shape index (κ2) is 5.79. The summed E-state index contributed by atoms with van der Waals surface area (Å²) in [5.74, 6) is -0.369. The first-order valence-electron chi connectivity index (χ1n) is 5.84. The summed E-state index contributed by atoms with van der Waals surface area (Å²) in [5.41, 5.74) is 6.96. The van der Waals surface area contributed by atoms with Gasteiger partial charge in [-0.1, -0.05) is 6.07 Å². The number of aromatic nitrogens is 2. The van der Waals surface area contributed by atoms with E-state index >= 15 is 0 Å². The lowest BCUT2D eigenvalue weighted by Gasteiger charge is -2.10. The van der Waals surface area contributed by atoms with Crippen LogP contribution in [0.4, 0.5) is 5.69 Å². The minimum atomic E-state index is -0.369. The monoisotopic (exact) mass is 277 g/mol. The fourth-order valence-corrected chi connectivity index (χ4v) is 2.53. The number of anilines is 1. The van der Waals surface area contributed by atoms with E-state index in [9.17, 15) is 4.79 Å². The molecule has 1 heterocycles. The normalized spacial score (nSPS) is 10.4. The average molecular weight is 277 g/mol. The molecular weight excluding hydrogens is 262 g/mol. The number of esters is 1. The molecular formula is C13H15N3O2S. The van der Waals surface area contributed by atoms with Gasteiger partial charge in [0, 0.05) is 25.1 Å². The van der Waals surface area contributed by atoms with E-state index in [4.69, 9.17) is 10.5 Å². The van der Waals surface area contributed by atoms with Gasteiger partial charge in [0.25, 0.3) is 0 Å². The van der Waals surface area contributed by atoms with Gasteiger partial charge in [-0.3, -0.25) is 0 Å². The largest absolute Gasteiger partial charge is 0.462 e. The van der Waals surface area contributed by atoms with Gasteiger partial charge in [-0.25, -0.2) is 9.78 Å². The highest BCUT2D eigenvalue weighted by Crippen LogP contribution is 2.34. The number of nitrogen functional groups attached to an aromatic ring is 1. The average Bonchev–Trinajstić information content (AvgIpc) is 2.78. The highest BCUT2D eigenvalue weighted by atomic mass is 32.2. The minimum Gasteiger partial charge on any atom is -0.462 e. The Balaban J connectivity index is 2.38. The molecule has 1 aromatic heterocycles. The molecule has 2 rings (SSSR count). The number of hydrogen-bond acceptors (Lipinski definition) is 5. The number of ether oxygens (including phenoxy) is 1. The third kappa shape index (κ3) is 2.90. The van der Waals surface area contributed by atoms with Gasteiger partial charge < -0.3 is 15.0 Å². The van der Waals surface area contributed by atoms with Gasteiger partial charge in [-0.05, 0) is 30.8 Å². The lowest BCUT2D eigenvalue weighted by atomic mass is 10.2. The minimum absolute atomic E-state index is 0.333. The number of nitrogens with two attached hydrogens (primary N) is 1. The smallest absolute Gasteiger partial charge is 0.339 e. The number of hydrogen-bond donors (Lipinski definition) is 1. The van der Waals surface area contributed by atoms with Crippen LogP contribution >= 0.6 is 11.8 Å². The topological polar surface area (TPSA) is 70.1 Å². The van der Waals surface area contributed by atoms with Crippen molar-refractivity contribution in [2.24, 2.45) is 7.05 Å². The summed E-state index contributed by atoms with van der Waals surface area (Å²) in [6, 6.07) is 5.21. The van der Waals surface area contributed by atoms with Crippen LogP contribution in [-0.2, 0) is 11.8 Å². The molecule has 19 heavy (non-hydrogen) atoms. The summed E-state index contributed by atoms with van der Waals surface area (Å²) >= 11 is 1.35. The van der Waals surface area contributed by atoms with Crippen LogP contribution in [0.2, 0.25) is 0 Å². The molecule has 0 amide bonds. The van der Waals surface area contributed by atoms with Crippen molar-refractivity contribution in [1.82, 2.24) is 9.55 Å². The van der Waals surface area contributed by atoms with Gasteiger partial charge in [-0.15, -0.1) is 0 Å². The molecule has 0 unspecified atom stereocenters. The summed E-state index contributed by atoms with van der Waals surface area (Å²) in [6.45, 7) is 2.11. The van der Waals surface area contributed by atoms with Gasteiger partial charge >= 0.3 is 5.97 Å². The van der Waals surface area contributed by atoms with Crippen LogP contribution < -0.4 is 5.73 Å². The summed E-state index contributed by atoms with van der Waals surface area (Å²) in [7, 11) is 1.89. The molecule has 2 aromatic rings. The highest BCUT2D eigenvalue weighted by Gasteiger charge is 2.17. The lowest BCUT2D eigenvalue weighted by molar-refractivity contribution is 0.0522. The van der Waals surface area contributed by atoms with Crippen LogP contribution in [0.15, 0.2) is 40.6 Å². The van der Waals surface area contributed by atoms with Crippen molar-refractivity contribution < 1.29 is 9.53 Å². The Morgan fingerprint density at radius 1 is 1.53 bits per heavy atom. The Morgan fingerprint density at radius 3 is 2.95 bits per heavy atom. The molecule has 0 spiro atoms. The van der Waals surface area contributed by atoms with Crippen LogP contribution in [0.25, 0.3) is 0 Å². The van der Waals surface area contributed by atoms with Gasteiger partial charge in [0.1, 0.15) is 0 Å². The maximum Gasteiger partial charge on any atom is 0.339 e. The molecule has 100 valence electrons. The lowest BCUT2D eigenvalue weighted by Crippen LogP contribution is -2.07. The zero-order valence-electron chi connectivity index (χ0n) is 10.8. The van der Waals surface area contributed by atoms with Crippen LogP contribution in [0, 0.1) is 0 Å². The van der Waals surface area contributed by atoms with E-state index in [1.54, 1.807) is 31.3 Å². The Bertz CT molecular complexity index is 595. The van der Waals surface area contributed by atoms with Crippen molar-refractivity contribution in [3.8, 4) is 0 Å². The third-order valence-electron chi connectivity index (χ3n) is 2.51. The fraction of sp³-hybridized carbons (Fsp3) is 0.231. The van der Waals surface area contributed by atoms with E-state index < -0.39 is 0 Å². The molecule has 1 aromatic carbocycles. The van der Waals surface area contributed by atoms with E-state index in [2.05, 4.69) is 4.98 Å². The first kappa shape index (κ1) is 13.5. The second-order valence-corrected chi connectivity index (χ2v) is 4.84. The first-order valence-corrected chi connectivity index (χ1v) is 6.66. The maximum atomic E-state index is 11.9. The number of imidazole rings is 1. The standard InChI is InChI=1S/C13H15N3O2S/c1-3-18-12(17)9-5-4-6-10(14)11(9)19-13-15-7-8-16(13)2/h4-8H,3,14H2,1-2H3. The van der Waals surface area contributed by atoms with Crippen molar-refractivity contribution in [1.29, 1.82) is 0 Å². The second-order valence-electron chi connectivity index (χ2n) is 3.87. The van der Waals surface area contributed by atoms with E-state index in [0.29, 0.717) is 22.8 Å². The zero-order chi connectivity index (χ0) is 13.8. The number of carbonyl (C=O) groups excluding carboxylic acids is 1. The zero-order valence-corrected chi connectivity index (χ0v) is 11.6. The Labute approximate surface area is 115 Å². The van der Waals surface area contributed by atoms with Gasteiger partial charge in [-0.2, -0.15) is 0 Å². The molecule has 0 aliphatic rings. The van der Waals surface area contributed by atoms with Crippen molar-refractivity contribution in [2.45, 2.75) is 17.0 Å². The van der Waals surface area contributed by atoms with Gasteiger partial charge in [0.05, 0.1) is 17.1 Å². The number of aryl methyl sites for hydroxylation is 1. The Hall–Kier alpha value is -1.95. The number of rotatable bonds is 4. The predicted molar refractivity (Wildman–Crippen MR) is 74.1 cm³/mol. The van der Waals surface area contributed by atoms with Crippen molar-refractivity contribution in [3.05, 3.63) is 36.2 Å². The molecule has 6 heteroatoms. The van der Waals surface area contributed by atoms with Crippen LogP contribution in [0.1, 0.15) is 17.3 Å². The van der Waals surface area contributed by atoms with Crippen LogP contribution in [0.3, 0.4) is 0 Å². The molecule has 5 nitrogen and oxygen atoms in total. The predicted octanol–water partition coefficient (Wildman–Crippen LogP) is 2.33. The summed E-state index contributed by atoms with van der Waals surface area (Å²) in [4.78, 5) is 16.8. The van der Waals surface area contributed by atoms with Crippen molar-refractivity contribution in [2.75, 3.05) is 12.3 Å². The number of nitrogens with zero attached hydrogens (tertiary/aromatic N) is 2. The van der Waals surface area contributed by atoms with E-state index in [-0.39, 0.29) is 5.97 Å². The van der Waals surface area contributed by atoms with Crippen molar-refractivity contribution >= 4 is 23.4 Å². The van der Waals surface area contributed by atoms with E-state index in [0.717, 1.165) is 5.16 Å². The van der Waals surface area contributed by atoms with Crippen LogP contribution in [0.5, 0.6) is 0 Å². The van der Waals surface area contributed by atoms with Gasteiger partial charge in [0.15, 0.2) is 5.16 Å². The van der Waals surface area contributed by atoms with E-state index in [1.165, 1.54) is 11.8 Å². The molecule has 0 saturated heterocycles. The molecule has 0 atom stereocenters. The SMILES string of the molecule is CCOC(=O)c1cccc(N)c1Sc1nccn1C. The summed E-state index contributed by atoms with van der Waals surface area (Å²) < 4.78 is 6.91. The Morgan fingerprint density at radius 2 is 2.32 bits per heavy atom.